The molecule has 1 fully saturated rings. The van der Waals surface area contributed by atoms with Gasteiger partial charge in [-0.25, -0.2) is 0 Å². The van der Waals surface area contributed by atoms with Crippen LogP contribution in [0.15, 0.2) is 30.3 Å². The minimum atomic E-state index is -1.86. The van der Waals surface area contributed by atoms with Crippen LogP contribution in [0.25, 0.3) is 0 Å². The third-order valence-electron chi connectivity index (χ3n) is 7.19. The molecule has 0 atom stereocenters. The maximum Gasteiger partial charge on any atom is 0.268 e. The Morgan fingerprint density at radius 3 is 1.88 bits per heavy atom. The summed E-state index contributed by atoms with van der Waals surface area (Å²) in [7, 11) is -1.86. The second kappa shape index (κ2) is 9.53. The van der Waals surface area contributed by atoms with Crippen molar-refractivity contribution in [2.75, 3.05) is 29.1 Å². The minimum absolute atomic E-state index is 0.0253. The monoisotopic (exact) mass is 473 g/mol. The van der Waals surface area contributed by atoms with Crippen LogP contribution < -0.4 is 10.6 Å². The Kier molecular flexibility index (Phi) is 7.37. The molecule has 4 nitrogen and oxygen atoms in total. The van der Waals surface area contributed by atoms with Gasteiger partial charge in [-0.15, -0.1) is 0 Å². The van der Waals surface area contributed by atoms with E-state index in [1.165, 1.54) is 0 Å². The van der Waals surface area contributed by atoms with Crippen LogP contribution in [0.3, 0.4) is 0 Å². The molecule has 0 unspecified atom stereocenters. The first-order valence-corrected chi connectivity index (χ1v) is 14.1. The summed E-state index contributed by atoms with van der Waals surface area (Å²) in [6, 6.07) is 9.78. The minimum Gasteiger partial charge on any atom is -0.322 e. The van der Waals surface area contributed by atoms with E-state index in [1.807, 2.05) is 58.0 Å². The molecule has 6 heteroatoms. The lowest BCUT2D eigenvalue weighted by Gasteiger charge is -2.33. The van der Waals surface area contributed by atoms with E-state index in [0.717, 1.165) is 58.8 Å². The summed E-state index contributed by atoms with van der Waals surface area (Å²) in [5.41, 5.74) is 5.78. The van der Waals surface area contributed by atoms with Gasteiger partial charge in [0.1, 0.15) is 6.16 Å². The van der Waals surface area contributed by atoms with E-state index in [4.69, 9.17) is 11.6 Å². The lowest BCUT2D eigenvalue weighted by atomic mass is 10.1. The number of para-hydroxylation sites is 1. The molecular formula is C26H35ClN2O2P+. The van der Waals surface area contributed by atoms with Gasteiger partial charge in [-0.2, -0.15) is 0 Å². The molecular weight excluding hydrogens is 439 g/mol. The predicted octanol–water partition coefficient (Wildman–Crippen LogP) is 6.74. The quantitative estimate of drug-likeness (QED) is 0.417. The van der Waals surface area contributed by atoms with Crippen LogP contribution in [0.2, 0.25) is 5.02 Å². The molecule has 0 aromatic heterocycles. The Balaban J connectivity index is 1.85. The van der Waals surface area contributed by atoms with Gasteiger partial charge in [0.15, 0.2) is 5.16 Å². The second-order valence-electron chi connectivity index (χ2n) is 9.15. The standard InChI is InChI=1S/C26H34ClN2O2P/c1-7-32(8-2,16-22(30)28-23-17(3)10-9-11-18(23)4)26(12-13-26)25(31)29-24-19(5)14-21(27)15-20(24)6/h9-11,14-15H,7-8,12-13,16H2,1-6H3,(H-,28,29,30,31)/p+1. The zero-order valence-corrected chi connectivity index (χ0v) is 21.7. The van der Waals surface area contributed by atoms with E-state index in [2.05, 4.69) is 24.5 Å². The third kappa shape index (κ3) is 4.58. The Morgan fingerprint density at radius 2 is 1.41 bits per heavy atom. The highest BCUT2D eigenvalue weighted by molar-refractivity contribution is 7.79. The molecule has 2 aromatic carbocycles. The zero-order chi connectivity index (χ0) is 23.7. The van der Waals surface area contributed by atoms with Crippen LogP contribution in [0, 0.1) is 27.7 Å². The summed E-state index contributed by atoms with van der Waals surface area (Å²) in [6.45, 7) is 12.3. The molecule has 1 aliphatic rings. The van der Waals surface area contributed by atoms with Gasteiger partial charge in [0.25, 0.3) is 11.8 Å². The molecule has 0 bridgehead atoms. The van der Waals surface area contributed by atoms with Crippen LogP contribution in [0.1, 0.15) is 48.9 Å². The van der Waals surface area contributed by atoms with Crippen LogP contribution in [0.4, 0.5) is 11.4 Å². The number of carbonyl (C=O) groups is 2. The molecule has 3 rings (SSSR count). The Morgan fingerprint density at radius 1 is 0.906 bits per heavy atom. The van der Waals surface area contributed by atoms with Crippen molar-refractivity contribution in [3.8, 4) is 0 Å². The largest absolute Gasteiger partial charge is 0.322 e. The van der Waals surface area contributed by atoms with Gasteiger partial charge >= 0.3 is 0 Å². The zero-order valence-electron chi connectivity index (χ0n) is 20.1. The van der Waals surface area contributed by atoms with E-state index < -0.39 is 12.4 Å². The summed E-state index contributed by atoms with van der Waals surface area (Å²) >= 11 is 6.17. The third-order valence-corrected chi connectivity index (χ3v) is 13.2. The molecule has 1 aliphatic carbocycles. The van der Waals surface area contributed by atoms with Crippen LogP contribution in [-0.2, 0) is 9.59 Å². The summed E-state index contributed by atoms with van der Waals surface area (Å²) in [5.74, 6) is 0.0975. The molecule has 0 spiro atoms. The fourth-order valence-corrected chi connectivity index (χ4v) is 9.95. The molecule has 2 aromatic rings. The number of hydrogen-bond acceptors (Lipinski definition) is 2. The van der Waals surface area contributed by atoms with E-state index in [9.17, 15) is 9.59 Å². The van der Waals surface area contributed by atoms with Crippen LogP contribution in [0.5, 0.6) is 0 Å². The molecule has 2 amide bonds. The van der Waals surface area contributed by atoms with Crippen LogP contribution in [-0.4, -0.2) is 35.5 Å². The van der Waals surface area contributed by atoms with E-state index in [-0.39, 0.29) is 11.8 Å². The van der Waals surface area contributed by atoms with Gasteiger partial charge < -0.3 is 10.6 Å². The number of halogens is 1. The number of aryl methyl sites for hydroxylation is 4. The van der Waals surface area contributed by atoms with Crippen molar-refractivity contribution in [3.05, 3.63) is 57.6 Å². The summed E-state index contributed by atoms with van der Waals surface area (Å²) in [5, 5.41) is 6.64. The number of amides is 2. The number of carbonyl (C=O) groups excluding carboxylic acids is 2. The maximum absolute atomic E-state index is 13.7. The first-order valence-electron chi connectivity index (χ1n) is 11.4. The first kappa shape index (κ1) is 24.7. The van der Waals surface area contributed by atoms with Crippen molar-refractivity contribution in [1.29, 1.82) is 0 Å². The van der Waals surface area contributed by atoms with Gasteiger partial charge in [-0.1, -0.05) is 29.8 Å². The normalized spacial score (nSPS) is 14.7. The van der Waals surface area contributed by atoms with Gasteiger partial charge in [-0.3, -0.25) is 9.59 Å². The Bertz CT molecular complexity index is 999. The number of benzene rings is 2. The fraction of sp³-hybridized carbons (Fsp3) is 0.462. The van der Waals surface area contributed by atoms with Crippen molar-refractivity contribution >= 4 is 42.1 Å². The molecule has 172 valence electrons. The van der Waals surface area contributed by atoms with Crippen molar-refractivity contribution < 1.29 is 9.59 Å². The van der Waals surface area contributed by atoms with Crippen molar-refractivity contribution in [1.82, 2.24) is 0 Å². The summed E-state index contributed by atoms with van der Waals surface area (Å²) in [4.78, 5) is 26.9. The first-order chi connectivity index (χ1) is 15.1. The number of nitrogens with one attached hydrogen (secondary N) is 2. The number of rotatable bonds is 8. The highest BCUT2D eigenvalue weighted by Gasteiger charge is 2.69. The lowest BCUT2D eigenvalue weighted by molar-refractivity contribution is -0.116. The van der Waals surface area contributed by atoms with Crippen molar-refractivity contribution in [2.24, 2.45) is 0 Å². The molecule has 0 aliphatic heterocycles. The number of hydrogen-bond donors (Lipinski definition) is 2. The maximum atomic E-state index is 13.7. The SMILES string of the molecule is CC[P+](CC)(CC(=O)Nc1c(C)cccc1C)C1(C(=O)Nc2c(C)cc(Cl)cc2C)CC1. The molecule has 1 saturated carbocycles. The van der Waals surface area contributed by atoms with Crippen molar-refractivity contribution in [2.45, 2.75) is 59.5 Å². The van der Waals surface area contributed by atoms with Crippen LogP contribution >= 0.6 is 18.9 Å². The van der Waals surface area contributed by atoms with Gasteiger partial charge in [-0.05, 0) is 75.9 Å². The van der Waals surface area contributed by atoms with E-state index in [0.29, 0.717) is 11.2 Å². The highest BCUT2D eigenvalue weighted by atomic mass is 35.5. The van der Waals surface area contributed by atoms with Gasteiger partial charge in [0.2, 0.25) is 0 Å². The van der Waals surface area contributed by atoms with E-state index >= 15 is 0 Å². The molecule has 32 heavy (non-hydrogen) atoms. The molecule has 2 N–H and O–H groups in total. The average molecular weight is 474 g/mol. The Labute approximate surface area is 197 Å². The number of anilines is 2. The van der Waals surface area contributed by atoms with Gasteiger partial charge in [0.05, 0.1) is 12.3 Å². The molecule has 0 radical (unpaired) electrons. The van der Waals surface area contributed by atoms with Gasteiger partial charge in [0, 0.05) is 36.5 Å². The second-order valence-corrected chi connectivity index (χ2v) is 14.3. The lowest BCUT2D eigenvalue weighted by Crippen LogP contribution is -2.38. The fourth-order valence-electron chi connectivity index (χ4n) is 5.04. The summed E-state index contributed by atoms with van der Waals surface area (Å²) < 4.78 is 0. The topological polar surface area (TPSA) is 58.2 Å². The average Bonchev–Trinajstić information content (AvgIpc) is 3.54. The molecule has 0 saturated heterocycles. The predicted molar refractivity (Wildman–Crippen MR) is 139 cm³/mol. The van der Waals surface area contributed by atoms with E-state index in [1.54, 1.807) is 0 Å². The summed E-state index contributed by atoms with van der Waals surface area (Å²) in [6.07, 6.45) is 3.93. The Hall–Kier alpha value is -1.90. The molecule has 0 heterocycles. The highest BCUT2D eigenvalue weighted by Crippen LogP contribution is 2.77. The smallest absolute Gasteiger partial charge is 0.268 e. The van der Waals surface area contributed by atoms with Crippen molar-refractivity contribution in [3.63, 3.8) is 0 Å².